The molecule has 5 atom stereocenters. The number of hydrogen-bond donors (Lipinski definition) is 5. The van der Waals surface area contributed by atoms with Crippen molar-refractivity contribution >= 4 is 7.36 Å². The number of nitrogens with zero attached hydrogens (tertiary/aromatic N) is 3. The first kappa shape index (κ1) is 43.9. The molecule has 2 saturated heterocycles. The molecule has 0 aliphatic carbocycles. The molecule has 0 saturated carbocycles. The van der Waals surface area contributed by atoms with E-state index in [0.717, 1.165) is 27.3 Å². The second kappa shape index (κ2) is 18.1. The van der Waals surface area contributed by atoms with Gasteiger partial charge in [-0.1, -0.05) is 0 Å². The minimum atomic E-state index is -5.92. The predicted octanol–water partition coefficient (Wildman–Crippen LogP) is 4.50. The quantitative estimate of drug-likeness (QED) is 0.0379. The van der Waals surface area contributed by atoms with Crippen LogP contribution in [0, 0.1) is 10.1 Å². The van der Waals surface area contributed by atoms with Crippen LogP contribution in [0.3, 0.4) is 0 Å². The zero-order valence-electron chi connectivity index (χ0n) is 34.3. The minimum absolute atomic E-state index is 0.0250. The standard InChI is InChI=1S/C44H53N6O10P/c1-48(2)47-61(56,50(54)55,30-27-32-15-7-4-8-16-32)60-40-37(59-41(49-28-26-39(51)46-42(49)52)44(40,53)38-21-13-14-29-58-38)31-45-43(33-17-9-5-10-18-33,34-19-11-6-12-20-34)35-22-24-36(57-3)25-23-35/h4-12,15-20,22-26,28,37-38,40-41,45,47,53,56H,13-14,21,27,29-31H2,1-3H3,(H,46,51,52)/t37-,38?,40-,41-,44-/m1/s1. The van der Waals surface area contributed by atoms with Gasteiger partial charge in [0.1, 0.15) is 0 Å². The molecular formula is C44H53N6O10P. The molecule has 5 N–H and O–H groups in total. The SMILES string of the molecule is COc1ccc(C(NC[C@H]2O[C@@H](n3ccc(=O)[nH]c3=O)[C@@](O)(C3CCCCO3)[C@@H]2OP(O)(CCc2ccccc2)(NN(C)C)[N+](=O)[O-])(c2ccccc2)c2ccccc2)cc1. The molecule has 0 bridgehead atoms. The summed E-state index contributed by atoms with van der Waals surface area (Å²) in [4.78, 5) is 54.8. The van der Waals surface area contributed by atoms with E-state index < -0.39 is 65.1 Å². The van der Waals surface area contributed by atoms with E-state index in [9.17, 15) is 29.7 Å². The van der Waals surface area contributed by atoms with E-state index >= 15 is 0 Å². The molecule has 16 nitrogen and oxygen atoms in total. The van der Waals surface area contributed by atoms with Gasteiger partial charge in [-0.3, -0.25) is 0 Å². The summed E-state index contributed by atoms with van der Waals surface area (Å²) >= 11 is 0. The fraction of sp³-hybridized carbons (Fsp3) is 0.364. The molecule has 1 unspecified atom stereocenters. The summed E-state index contributed by atoms with van der Waals surface area (Å²) in [7, 11) is -1.34. The van der Waals surface area contributed by atoms with Crippen LogP contribution in [-0.4, -0.2) is 93.7 Å². The van der Waals surface area contributed by atoms with E-state index in [2.05, 4.69) is 15.5 Å². The Morgan fingerprint density at radius 1 is 0.934 bits per heavy atom. The molecule has 61 heavy (non-hydrogen) atoms. The van der Waals surface area contributed by atoms with Crippen LogP contribution in [-0.2, 0) is 26.0 Å². The number of nitro groups is 1. The molecule has 3 heterocycles. The molecule has 2 fully saturated rings. The Kier molecular flexibility index (Phi) is 13.0. The van der Waals surface area contributed by atoms with Crippen molar-refractivity contribution in [3.63, 3.8) is 0 Å². The van der Waals surface area contributed by atoms with E-state index in [4.69, 9.17) is 18.7 Å². The number of H-pyrrole nitrogens is 1. The van der Waals surface area contributed by atoms with Gasteiger partial charge in [-0.15, -0.1) is 0 Å². The molecular weight excluding hydrogens is 803 g/mol. The third kappa shape index (κ3) is 8.69. The van der Waals surface area contributed by atoms with Crippen molar-refractivity contribution in [3.8, 4) is 5.75 Å². The summed E-state index contributed by atoms with van der Waals surface area (Å²) in [5.74, 6) is 0.635. The Morgan fingerprint density at radius 3 is 2.08 bits per heavy atom. The third-order valence-corrected chi connectivity index (χ3v) is 14.7. The van der Waals surface area contributed by atoms with Crippen LogP contribution in [0.15, 0.2) is 137 Å². The van der Waals surface area contributed by atoms with E-state index in [1.165, 1.54) is 25.3 Å². The number of aromatic amines is 1. The van der Waals surface area contributed by atoms with Gasteiger partial charge in [-0.25, -0.2) is 0 Å². The van der Waals surface area contributed by atoms with Gasteiger partial charge in [-0.2, -0.15) is 0 Å². The van der Waals surface area contributed by atoms with Gasteiger partial charge in [0.15, 0.2) is 0 Å². The molecule has 1 aromatic heterocycles. The number of nitrogens with one attached hydrogen (secondary N) is 3. The summed E-state index contributed by atoms with van der Waals surface area (Å²) in [6.45, 7) is 0.0648. The summed E-state index contributed by atoms with van der Waals surface area (Å²) in [6, 6.07) is 37.0. The Morgan fingerprint density at radius 2 is 1.54 bits per heavy atom. The molecule has 2 aliphatic heterocycles. The molecule has 0 spiro atoms. The first-order valence-corrected chi connectivity index (χ1v) is 22.5. The van der Waals surface area contributed by atoms with E-state index in [1.54, 1.807) is 31.4 Å². The molecule has 4 aromatic carbocycles. The van der Waals surface area contributed by atoms with Crippen molar-refractivity contribution in [1.29, 1.82) is 0 Å². The van der Waals surface area contributed by atoms with Crippen LogP contribution in [0.5, 0.6) is 5.75 Å². The summed E-state index contributed by atoms with van der Waals surface area (Å²) in [6.07, 6.45) is -3.49. The van der Waals surface area contributed by atoms with Crippen LogP contribution in [0.1, 0.15) is 47.7 Å². The van der Waals surface area contributed by atoms with Crippen molar-refractivity contribution in [2.45, 2.75) is 61.4 Å². The number of hydrazine groups is 1. The van der Waals surface area contributed by atoms with Gasteiger partial charge in [0.2, 0.25) is 0 Å². The first-order chi connectivity index (χ1) is 29.3. The number of benzene rings is 4. The van der Waals surface area contributed by atoms with E-state index in [-0.39, 0.29) is 26.0 Å². The predicted molar refractivity (Wildman–Crippen MR) is 230 cm³/mol. The number of methoxy groups -OCH3 is 1. The Hall–Kier alpha value is -5.13. The average Bonchev–Trinajstić information content (AvgIpc) is 3.54. The topological polar surface area (TPSA) is 203 Å². The van der Waals surface area contributed by atoms with E-state index in [1.807, 2.05) is 91.0 Å². The van der Waals surface area contributed by atoms with E-state index in [0.29, 0.717) is 24.2 Å². The molecule has 0 radical (unpaired) electrons. The van der Waals surface area contributed by atoms with Gasteiger partial charge in [-0.05, 0) is 0 Å². The molecule has 0 amide bonds. The van der Waals surface area contributed by atoms with Gasteiger partial charge in [0, 0.05) is 0 Å². The molecule has 17 heteroatoms. The van der Waals surface area contributed by atoms with Crippen LogP contribution in [0.4, 0.5) is 0 Å². The zero-order chi connectivity index (χ0) is 43.3. The maximum absolute atomic E-state index is 13.7. The van der Waals surface area contributed by atoms with Gasteiger partial charge < -0.3 is 0 Å². The number of hydrogen-bond acceptors (Lipinski definition) is 13. The number of aromatic nitrogens is 2. The molecule has 2 aliphatic rings. The summed E-state index contributed by atoms with van der Waals surface area (Å²) < 4.78 is 25.5. The fourth-order valence-corrected chi connectivity index (χ4v) is 11.4. The van der Waals surface area contributed by atoms with Crippen molar-refractivity contribution < 1.29 is 33.4 Å². The number of rotatable bonds is 17. The third-order valence-electron chi connectivity index (χ3n) is 11.5. The van der Waals surface area contributed by atoms with Crippen LogP contribution < -0.4 is 26.5 Å². The van der Waals surface area contributed by atoms with Gasteiger partial charge in [0.25, 0.3) is 0 Å². The molecule has 324 valence electrons. The van der Waals surface area contributed by atoms with Crippen molar-refractivity contribution in [3.05, 3.63) is 181 Å². The first-order valence-electron chi connectivity index (χ1n) is 20.2. The Balaban J connectivity index is 1.43. The van der Waals surface area contributed by atoms with Crippen molar-refractivity contribution in [2.75, 3.05) is 40.5 Å². The number of ether oxygens (including phenoxy) is 3. The summed E-state index contributed by atoms with van der Waals surface area (Å²) in [5, 5.41) is 34.8. The number of aryl methyl sites for hydroxylation is 1. The second-order valence-corrected chi connectivity index (χ2v) is 19.1. The van der Waals surface area contributed by atoms with Gasteiger partial charge in [0.05, 0.1) is 0 Å². The van der Waals surface area contributed by atoms with Crippen molar-refractivity contribution in [2.24, 2.45) is 0 Å². The van der Waals surface area contributed by atoms with Crippen LogP contribution in [0.2, 0.25) is 0 Å². The van der Waals surface area contributed by atoms with Crippen LogP contribution in [0.25, 0.3) is 0 Å². The van der Waals surface area contributed by atoms with Gasteiger partial charge >= 0.3 is 354 Å². The van der Waals surface area contributed by atoms with Crippen LogP contribution >= 0.6 is 7.36 Å². The Labute approximate surface area is 353 Å². The monoisotopic (exact) mass is 856 g/mol. The average molecular weight is 857 g/mol. The molecule has 7 rings (SSSR count). The molecule has 5 aromatic rings. The summed E-state index contributed by atoms with van der Waals surface area (Å²) in [5.41, 5.74) is -1.91. The number of aliphatic hydroxyl groups is 1. The maximum atomic E-state index is 13.7. The normalized spacial score (nSPS) is 22.7. The zero-order valence-corrected chi connectivity index (χ0v) is 35.2. The fourth-order valence-electron chi connectivity index (χ4n) is 8.62. The Bertz CT molecular complexity index is 2330. The second-order valence-electron chi connectivity index (χ2n) is 15.7. The van der Waals surface area contributed by atoms with Crippen molar-refractivity contribution in [1.82, 2.24) is 25.1 Å².